The quantitative estimate of drug-likeness (QED) is 0.609. The van der Waals surface area contributed by atoms with Gasteiger partial charge in [-0.3, -0.25) is 14.4 Å². The molecule has 0 aromatic heterocycles. The van der Waals surface area contributed by atoms with Crippen LogP contribution in [0.3, 0.4) is 0 Å². The Morgan fingerprint density at radius 2 is 1.74 bits per heavy atom. The number of ketones is 1. The SMILES string of the molecule is Cc1ccc2c(c1C)OC1(CCN(C(=O)CCCCCNC(=O)c3ccccc3)CC1)CC2=O. The van der Waals surface area contributed by atoms with Gasteiger partial charge in [0, 0.05) is 44.5 Å². The van der Waals surface area contributed by atoms with Crippen LogP contribution < -0.4 is 10.1 Å². The molecular weight excluding hydrogens is 428 g/mol. The first-order valence-electron chi connectivity index (χ1n) is 12.3. The van der Waals surface area contributed by atoms with Crippen LogP contribution >= 0.6 is 0 Å². The molecule has 2 amide bonds. The number of likely N-dealkylation sites (tertiary alicyclic amines) is 1. The first kappa shape index (κ1) is 24.0. The second kappa shape index (κ2) is 10.4. The lowest BCUT2D eigenvalue weighted by Crippen LogP contribution is -2.52. The predicted octanol–water partition coefficient (Wildman–Crippen LogP) is 4.62. The van der Waals surface area contributed by atoms with Crippen molar-refractivity contribution in [2.45, 2.75) is 64.4 Å². The van der Waals surface area contributed by atoms with E-state index in [1.165, 1.54) is 0 Å². The van der Waals surface area contributed by atoms with Crippen molar-refractivity contribution in [3.8, 4) is 5.75 Å². The Labute approximate surface area is 201 Å². The second-order valence-corrected chi connectivity index (χ2v) is 9.58. The van der Waals surface area contributed by atoms with Gasteiger partial charge in [0.25, 0.3) is 5.91 Å². The minimum absolute atomic E-state index is 0.0599. The Morgan fingerprint density at radius 1 is 1.00 bits per heavy atom. The average Bonchev–Trinajstić information content (AvgIpc) is 2.84. The van der Waals surface area contributed by atoms with Crippen LogP contribution in [0.25, 0.3) is 0 Å². The molecule has 6 heteroatoms. The van der Waals surface area contributed by atoms with Gasteiger partial charge in [0.2, 0.25) is 5.91 Å². The predicted molar refractivity (Wildman–Crippen MR) is 131 cm³/mol. The van der Waals surface area contributed by atoms with E-state index < -0.39 is 5.60 Å². The molecule has 2 heterocycles. The molecular formula is C28H34N2O4. The lowest BCUT2D eigenvalue weighted by molar-refractivity contribution is -0.134. The number of piperidine rings is 1. The Bertz CT molecular complexity index is 1060. The van der Waals surface area contributed by atoms with Crippen LogP contribution in [0.15, 0.2) is 42.5 Å². The second-order valence-electron chi connectivity index (χ2n) is 9.58. The molecule has 1 N–H and O–H groups in total. The summed E-state index contributed by atoms with van der Waals surface area (Å²) >= 11 is 0. The summed E-state index contributed by atoms with van der Waals surface area (Å²) < 4.78 is 6.45. The van der Waals surface area contributed by atoms with E-state index >= 15 is 0 Å². The van der Waals surface area contributed by atoms with E-state index in [4.69, 9.17) is 4.74 Å². The van der Waals surface area contributed by atoms with E-state index in [0.29, 0.717) is 56.4 Å². The normalized spacial score (nSPS) is 16.6. The zero-order chi connectivity index (χ0) is 24.1. The number of Topliss-reactive ketones (excluding diaryl/α,β-unsaturated/α-hetero) is 1. The van der Waals surface area contributed by atoms with Crippen molar-refractivity contribution in [2.24, 2.45) is 0 Å². The lowest BCUT2D eigenvalue weighted by atomic mass is 9.81. The molecule has 2 aliphatic heterocycles. The van der Waals surface area contributed by atoms with Crippen molar-refractivity contribution in [1.82, 2.24) is 10.2 Å². The van der Waals surface area contributed by atoms with Gasteiger partial charge >= 0.3 is 0 Å². The molecule has 6 nitrogen and oxygen atoms in total. The smallest absolute Gasteiger partial charge is 0.251 e. The number of carbonyl (C=O) groups is 3. The van der Waals surface area contributed by atoms with Crippen LogP contribution in [0.2, 0.25) is 0 Å². The van der Waals surface area contributed by atoms with Crippen molar-refractivity contribution in [3.63, 3.8) is 0 Å². The number of unbranched alkanes of at least 4 members (excludes halogenated alkanes) is 2. The number of amides is 2. The van der Waals surface area contributed by atoms with Crippen LogP contribution in [0.4, 0.5) is 0 Å². The highest BCUT2D eigenvalue weighted by Crippen LogP contribution is 2.41. The molecule has 2 aliphatic rings. The zero-order valence-corrected chi connectivity index (χ0v) is 20.2. The van der Waals surface area contributed by atoms with E-state index in [1.807, 2.05) is 49.1 Å². The fourth-order valence-electron chi connectivity index (χ4n) is 4.85. The standard InChI is InChI=1S/C28H34N2O4/c1-20-12-13-23-24(31)19-28(34-26(23)21(20)2)14-17-30(18-15-28)25(32)11-7-4-8-16-29-27(33)22-9-5-3-6-10-22/h3,5-6,9-10,12-13H,4,7-8,11,14-19H2,1-2H3,(H,29,33). The number of aryl methyl sites for hydroxylation is 1. The summed E-state index contributed by atoms with van der Waals surface area (Å²) in [5.41, 5.74) is 3.01. The summed E-state index contributed by atoms with van der Waals surface area (Å²) in [6.45, 7) is 5.90. The van der Waals surface area contributed by atoms with Crippen molar-refractivity contribution < 1.29 is 19.1 Å². The first-order chi connectivity index (χ1) is 16.4. The first-order valence-corrected chi connectivity index (χ1v) is 12.3. The summed E-state index contributed by atoms with van der Waals surface area (Å²) in [5, 5.41) is 2.93. The molecule has 0 aliphatic carbocycles. The maximum absolute atomic E-state index is 12.8. The van der Waals surface area contributed by atoms with E-state index in [0.717, 1.165) is 36.1 Å². The van der Waals surface area contributed by atoms with Gasteiger partial charge in [-0.1, -0.05) is 30.7 Å². The Hall–Kier alpha value is -3.15. The fraction of sp³-hybridized carbons (Fsp3) is 0.464. The van der Waals surface area contributed by atoms with E-state index in [-0.39, 0.29) is 17.6 Å². The number of nitrogens with one attached hydrogen (secondary N) is 1. The third-order valence-electron chi connectivity index (χ3n) is 7.19. The molecule has 2 aromatic rings. The number of rotatable bonds is 7. The van der Waals surface area contributed by atoms with Gasteiger partial charge in [-0.05, 0) is 56.0 Å². The summed E-state index contributed by atoms with van der Waals surface area (Å²) in [6, 6.07) is 13.0. The molecule has 34 heavy (non-hydrogen) atoms. The Balaban J connectivity index is 1.18. The lowest BCUT2D eigenvalue weighted by Gasteiger charge is -2.44. The largest absolute Gasteiger partial charge is 0.486 e. The monoisotopic (exact) mass is 462 g/mol. The van der Waals surface area contributed by atoms with E-state index in [2.05, 4.69) is 5.32 Å². The van der Waals surface area contributed by atoms with Crippen molar-refractivity contribution in [1.29, 1.82) is 0 Å². The van der Waals surface area contributed by atoms with Crippen LogP contribution in [0.1, 0.15) is 76.8 Å². The number of hydrogen-bond acceptors (Lipinski definition) is 4. The van der Waals surface area contributed by atoms with Gasteiger partial charge in [-0.25, -0.2) is 0 Å². The minimum Gasteiger partial charge on any atom is -0.486 e. The maximum atomic E-state index is 12.8. The van der Waals surface area contributed by atoms with Gasteiger partial charge in [-0.15, -0.1) is 0 Å². The molecule has 0 atom stereocenters. The Kier molecular flexibility index (Phi) is 7.35. The van der Waals surface area contributed by atoms with Crippen molar-refractivity contribution >= 4 is 17.6 Å². The molecule has 4 rings (SSSR count). The molecule has 180 valence electrons. The third-order valence-corrected chi connectivity index (χ3v) is 7.19. The fourth-order valence-corrected chi connectivity index (χ4v) is 4.85. The summed E-state index contributed by atoms with van der Waals surface area (Å²) in [4.78, 5) is 39.5. The van der Waals surface area contributed by atoms with E-state index in [1.54, 1.807) is 12.1 Å². The summed E-state index contributed by atoms with van der Waals surface area (Å²) in [7, 11) is 0. The summed E-state index contributed by atoms with van der Waals surface area (Å²) in [5.74, 6) is 0.979. The number of carbonyl (C=O) groups excluding carboxylic acids is 3. The van der Waals surface area contributed by atoms with Gasteiger partial charge in [0.1, 0.15) is 11.4 Å². The third kappa shape index (κ3) is 5.32. The van der Waals surface area contributed by atoms with Gasteiger partial charge in [0.05, 0.1) is 12.0 Å². The van der Waals surface area contributed by atoms with Gasteiger partial charge in [0.15, 0.2) is 5.78 Å². The zero-order valence-electron chi connectivity index (χ0n) is 20.2. The minimum atomic E-state index is -0.490. The van der Waals surface area contributed by atoms with Crippen LogP contribution in [0, 0.1) is 13.8 Å². The highest BCUT2D eigenvalue weighted by Gasteiger charge is 2.44. The molecule has 0 radical (unpaired) electrons. The number of ether oxygens (including phenoxy) is 1. The topological polar surface area (TPSA) is 75.7 Å². The van der Waals surface area contributed by atoms with Crippen LogP contribution in [-0.2, 0) is 4.79 Å². The van der Waals surface area contributed by atoms with E-state index in [9.17, 15) is 14.4 Å². The highest BCUT2D eigenvalue weighted by atomic mass is 16.5. The average molecular weight is 463 g/mol. The van der Waals surface area contributed by atoms with Crippen molar-refractivity contribution in [2.75, 3.05) is 19.6 Å². The molecule has 2 aromatic carbocycles. The molecule has 1 saturated heterocycles. The van der Waals surface area contributed by atoms with Gasteiger partial charge in [-0.2, -0.15) is 0 Å². The number of benzene rings is 2. The van der Waals surface area contributed by atoms with Crippen molar-refractivity contribution in [3.05, 3.63) is 64.7 Å². The molecule has 0 unspecified atom stereocenters. The number of hydrogen-bond donors (Lipinski definition) is 1. The highest BCUT2D eigenvalue weighted by molar-refractivity contribution is 6.01. The molecule has 1 fully saturated rings. The molecule has 0 bridgehead atoms. The van der Waals surface area contributed by atoms with Crippen LogP contribution in [-0.4, -0.2) is 47.7 Å². The van der Waals surface area contributed by atoms with Gasteiger partial charge < -0.3 is 15.0 Å². The van der Waals surface area contributed by atoms with Crippen LogP contribution in [0.5, 0.6) is 5.75 Å². The number of nitrogens with zero attached hydrogens (tertiary/aromatic N) is 1. The maximum Gasteiger partial charge on any atom is 0.251 e. The molecule has 1 spiro atoms. The number of fused-ring (bicyclic) bond motifs is 1. The molecule has 0 saturated carbocycles. The Morgan fingerprint density at radius 3 is 2.47 bits per heavy atom. The summed E-state index contributed by atoms with van der Waals surface area (Å²) in [6.07, 6.45) is 4.82.